The zero-order chi connectivity index (χ0) is 18.7. The van der Waals surface area contributed by atoms with Gasteiger partial charge < -0.3 is 4.90 Å². The number of amides is 1. The maximum atomic E-state index is 13.7. The van der Waals surface area contributed by atoms with Crippen LogP contribution in [0.15, 0.2) is 40.6 Å². The fraction of sp³-hybridized carbons (Fsp3) is 0.235. The molecule has 0 spiro atoms. The number of thiazole rings is 1. The van der Waals surface area contributed by atoms with Gasteiger partial charge in [0.2, 0.25) is 5.91 Å². The van der Waals surface area contributed by atoms with Crippen LogP contribution in [0.3, 0.4) is 0 Å². The largest absolute Gasteiger partial charge is 0.341 e. The third-order valence-electron chi connectivity index (χ3n) is 3.68. The number of benzene rings is 1. The first-order valence-corrected chi connectivity index (χ1v) is 9.69. The van der Waals surface area contributed by atoms with E-state index in [4.69, 9.17) is 0 Å². The van der Waals surface area contributed by atoms with Gasteiger partial charge in [0, 0.05) is 48.6 Å². The Bertz CT molecular complexity index is 1000. The lowest BCUT2D eigenvalue weighted by molar-refractivity contribution is -0.127. The second-order valence-corrected chi connectivity index (χ2v) is 7.48. The first-order chi connectivity index (χ1) is 12.4. The molecule has 0 bridgehead atoms. The second-order valence-electron chi connectivity index (χ2n) is 5.62. The topological polar surface area (TPSA) is 54.7 Å². The number of hydrogen-bond donors (Lipinski definition) is 0. The van der Waals surface area contributed by atoms with Crippen LogP contribution in [0.2, 0.25) is 0 Å². The summed E-state index contributed by atoms with van der Waals surface area (Å²) in [6.45, 7) is 0.0618. The van der Waals surface area contributed by atoms with Crippen molar-refractivity contribution in [3.05, 3.63) is 69.1 Å². The summed E-state index contributed by atoms with van der Waals surface area (Å²) in [6, 6.07) is 4.74. The van der Waals surface area contributed by atoms with E-state index in [-0.39, 0.29) is 29.3 Å². The van der Waals surface area contributed by atoms with E-state index in [9.17, 15) is 18.4 Å². The summed E-state index contributed by atoms with van der Waals surface area (Å²) in [5.74, 6) is -0.917. The lowest BCUT2D eigenvalue weighted by Crippen LogP contribution is -2.28. The van der Waals surface area contributed by atoms with E-state index >= 15 is 0 Å². The third-order valence-corrected chi connectivity index (χ3v) is 5.39. The third kappa shape index (κ3) is 4.28. The van der Waals surface area contributed by atoms with Crippen molar-refractivity contribution < 1.29 is 13.6 Å². The van der Waals surface area contributed by atoms with Gasteiger partial charge in [-0.05, 0) is 6.07 Å². The van der Waals surface area contributed by atoms with Crippen LogP contribution in [-0.4, -0.2) is 33.0 Å². The van der Waals surface area contributed by atoms with Crippen LogP contribution in [0.5, 0.6) is 0 Å². The van der Waals surface area contributed by atoms with Crippen molar-refractivity contribution in [1.82, 2.24) is 14.3 Å². The molecule has 0 saturated heterocycles. The van der Waals surface area contributed by atoms with Crippen LogP contribution in [0, 0.1) is 11.6 Å². The summed E-state index contributed by atoms with van der Waals surface area (Å²) >= 11 is 2.70. The van der Waals surface area contributed by atoms with Crippen molar-refractivity contribution in [2.24, 2.45) is 0 Å². The first-order valence-electron chi connectivity index (χ1n) is 7.65. The van der Waals surface area contributed by atoms with E-state index in [1.165, 1.54) is 44.5 Å². The highest BCUT2D eigenvalue weighted by Gasteiger charge is 2.13. The van der Waals surface area contributed by atoms with Crippen LogP contribution in [0.25, 0.3) is 4.96 Å². The van der Waals surface area contributed by atoms with Crippen molar-refractivity contribution >= 4 is 34.0 Å². The predicted octanol–water partition coefficient (Wildman–Crippen LogP) is 2.93. The number of aromatic nitrogens is 2. The van der Waals surface area contributed by atoms with Gasteiger partial charge in [0.25, 0.3) is 5.56 Å². The highest BCUT2D eigenvalue weighted by molar-refractivity contribution is 7.99. The lowest BCUT2D eigenvalue weighted by Gasteiger charge is -2.17. The van der Waals surface area contributed by atoms with Gasteiger partial charge in [-0.2, -0.15) is 0 Å². The Labute approximate surface area is 156 Å². The minimum Gasteiger partial charge on any atom is -0.341 e. The Kier molecular flexibility index (Phi) is 5.67. The highest BCUT2D eigenvalue weighted by atomic mass is 32.2. The predicted molar refractivity (Wildman–Crippen MR) is 98.3 cm³/mol. The summed E-state index contributed by atoms with van der Waals surface area (Å²) in [5.41, 5.74) is 0.717. The normalized spacial score (nSPS) is 11.0. The van der Waals surface area contributed by atoms with Crippen molar-refractivity contribution in [2.75, 3.05) is 12.8 Å². The molecule has 0 N–H and O–H groups in total. The van der Waals surface area contributed by atoms with E-state index in [1.54, 1.807) is 18.6 Å². The van der Waals surface area contributed by atoms with Crippen molar-refractivity contribution in [1.29, 1.82) is 0 Å². The Hall–Kier alpha value is -2.26. The van der Waals surface area contributed by atoms with Gasteiger partial charge in [-0.1, -0.05) is 6.07 Å². The van der Waals surface area contributed by atoms with Crippen LogP contribution < -0.4 is 5.56 Å². The van der Waals surface area contributed by atoms with Crippen LogP contribution in [-0.2, 0) is 17.1 Å². The zero-order valence-corrected chi connectivity index (χ0v) is 15.4. The lowest BCUT2D eigenvalue weighted by atomic mass is 10.2. The van der Waals surface area contributed by atoms with Crippen molar-refractivity contribution in [2.45, 2.75) is 12.3 Å². The molecule has 0 aliphatic rings. The minimum atomic E-state index is -0.675. The molecule has 0 saturated carbocycles. The summed E-state index contributed by atoms with van der Waals surface area (Å²) in [7, 11) is 1.56. The molecule has 3 aromatic rings. The first kappa shape index (κ1) is 18.5. The molecule has 2 heterocycles. The molecule has 3 rings (SSSR count). The Morgan fingerprint density at radius 1 is 1.35 bits per heavy atom. The van der Waals surface area contributed by atoms with E-state index in [2.05, 4.69) is 4.98 Å². The maximum absolute atomic E-state index is 13.7. The molecule has 2 aromatic heterocycles. The number of rotatable bonds is 6. The smallest absolute Gasteiger partial charge is 0.258 e. The fourth-order valence-electron chi connectivity index (χ4n) is 2.31. The van der Waals surface area contributed by atoms with Crippen LogP contribution in [0.1, 0.15) is 11.3 Å². The summed E-state index contributed by atoms with van der Waals surface area (Å²) in [4.78, 5) is 30.5. The van der Waals surface area contributed by atoms with E-state index in [0.29, 0.717) is 16.4 Å². The monoisotopic (exact) mass is 395 g/mol. The van der Waals surface area contributed by atoms with Crippen molar-refractivity contribution in [3.8, 4) is 0 Å². The molecular weight excluding hydrogens is 380 g/mol. The summed E-state index contributed by atoms with van der Waals surface area (Å²) in [6.07, 6.45) is 1.67. The van der Waals surface area contributed by atoms with Gasteiger partial charge in [-0.15, -0.1) is 23.1 Å². The quantitative estimate of drug-likeness (QED) is 0.644. The molecule has 136 valence electrons. The van der Waals surface area contributed by atoms with Gasteiger partial charge in [0.15, 0.2) is 4.96 Å². The molecule has 0 fully saturated rings. The summed E-state index contributed by atoms with van der Waals surface area (Å²) in [5, 5.41) is 1.79. The number of fused-ring (bicyclic) bond motifs is 1. The molecule has 0 unspecified atom stereocenters. The number of hydrogen-bond acceptors (Lipinski definition) is 5. The average Bonchev–Trinajstić information content (AvgIpc) is 3.06. The van der Waals surface area contributed by atoms with Gasteiger partial charge in [-0.25, -0.2) is 13.8 Å². The maximum Gasteiger partial charge on any atom is 0.258 e. The molecule has 9 heteroatoms. The van der Waals surface area contributed by atoms with E-state index < -0.39 is 11.6 Å². The highest BCUT2D eigenvalue weighted by Crippen LogP contribution is 2.15. The number of carbonyl (C=O) groups is 1. The van der Waals surface area contributed by atoms with Gasteiger partial charge in [0.1, 0.15) is 11.6 Å². The van der Waals surface area contributed by atoms with E-state index in [0.717, 1.165) is 12.1 Å². The van der Waals surface area contributed by atoms with E-state index in [1.807, 2.05) is 0 Å². The average molecular weight is 395 g/mol. The number of carbonyl (C=O) groups excluding carboxylic acids is 1. The molecule has 0 radical (unpaired) electrons. The second kappa shape index (κ2) is 7.96. The van der Waals surface area contributed by atoms with Gasteiger partial charge in [0.05, 0.1) is 11.4 Å². The molecule has 26 heavy (non-hydrogen) atoms. The van der Waals surface area contributed by atoms with Gasteiger partial charge in [-0.3, -0.25) is 14.0 Å². The molecule has 0 atom stereocenters. The standard InChI is InChI=1S/C17H15F2N3O2S2/c1-21(8-11-2-3-12(18)6-14(11)19)16(24)10-25-9-13-7-15(23)22-4-5-26-17(22)20-13/h2-7H,8-10H2,1H3. The molecule has 1 amide bonds. The Morgan fingerprint density at radius 3 is 2.92 bits per heavy atom. The molecule has 1 aromatic carbocycles. The molecule has 0 aliphatic heterocycles. The van der Waals surface area contributed by atoms with Crippen LogP contribution >= 0.6 is 23.1 Å². The number of nitrogens with zero attached hydrogens (tertiary/aromatic N) is 3. The SMILES string of the molecule is CN(Cc1ccc(F)cc1F)C(=O)CSCc1cc(=O)n2ccsc2n1. The molecule has 5 nitrogen and oxygen atoms in total. The number of thioether (sulfide) groups is 1. The fourth-order valence-corrected chi connectivity index (χ4v) is 3.90. The molecule has 0 aliphatic carbocycles. The Balaban J connectivity index is 1.55. The summed E-state index contributed by atoms with van der Waals surface area (Å²) < 4.78 is 28.1. The number of halogens is 2. The molecular formula is C17H15F2N3O2S2. The van der Waals surface area contributed by atoms with Gasteiger partial charge >= 0.3 is 0 Å². The van der Waals surface area contributed by atoms with Crippen LogP contribution in [0.4, 0.5) is 8.78 Å². The Morgan fingerprint density at radius 2 is 2.15 bits per heavy atom. The zero-order valence-electron chi connectivity index (χ0n) is 13.8. The minimum absolute atomic E-state index is 0.0618. The van der Waals surface area contributed by atoms with Crippen molar-refractivity contribution in [3.63, 3.8) is 0 Å².